The lowest BCUT2D eigenvalue weighted by atomic mass is 10.2. The number of nitrogens with zero attached hydrogens (tertiary/aromatic N) is 2. The summed E-state index contributed by atoms with van der Waals surface area (Å²) in [6, 6.07) is 5.58. The van der Waals surface area contributed by atoms with Gasteiger partial charge in [-0.15, -0.1) is 11.3 Å². The Morgan fingerprint density at radius 3 is 3.00 bits per heavy atom. The zero-order valence-electron chi connectivity index (χ0n) is 12.4. The fourth-order valence-electron chi connectivity index (χ4n) is 1.75. The van der Waals surface area contributed by atoms with Gasteiger partial charge in [0.2, 0.25) is 5.13 Å². The Bertz CT molecular complexity index is 630. The molecule has 22 heavy (non-hydrogen) atoms. The summed E-state index contributed by atoms with van der Waals surface area (Å²) in [6.45, 7) is 2.85. The van der Waals surface area contributed by atoms with E-state index in [9.17, 15) is 0 Å². The minimum atomic E-state index is 0.482. The van der Waals surface area contributed by atoms with Crippen molar-refractivity contribution in [2.45, 2.75) is 26.2 Å². The number of unbranched alkanes of at least 4 members (excludes halogenated alkanes) is 2. The Kier molecular flexibility index (Phi) is 6.48. The number of anilines is 2. The molecule has 0 aliphatic rings. The Labute approximate surface area is 139 Å². The summed E-state index contributed by atoms with van der Waals surface area (Å²) >= 11 is 7.60. The van der Waals surface area contributed by atoms with Crippen LogP contribution in [0.1, 0.15) is 31.7 Å². The van der Waals surface area contributed by atoms with Crippen LogP contribution in [0, 0.1) is 0 Å². The summed E-state index contributed by atoms with van der Waals surface area (Å²) < 4.78 is 5.66. The Morgan fingerprint density at radius 2 is 2.32 bits per heavy atom. The SMILES string of the molecule is CCCCCOc1ccc(C=NNc2nc(N)cs2)cc1Cl. The van der Waals surface area contributed by atoms with Crippen LogP contribution in [-0.4, -0.2) is 17.8 Å². The average Bonchev–Trinajstić information content (AvgIpc) is 2.91. The molecule has 0 radical (unpaired) electrons. The molecule has 0 aliphatic heterocycles. The second-order valence-corrected chi connectivity index (χ2v) is 5.96. The monoisotopic (exact) mass is 338 g/mol. The minimum absolute atomic E-state index is 0.482. The molecule has 0 unspecified atom stereocenters. The lowest BCUT2D eigenvalue weighted by Gasteiger charge is -2.08. The van der Waals surface area contributed by atoms with Crippen LogP contribution < -0.4 is 15.9 Å². The normalized spacial score (nSPS) is 11.0. The van der Waals surface area contributed by atoms with E-state index in [0.717, 1.165) is 18.4 Å². The standard InChI is InChI=1S/C15H19ClN4OS/c1-2-3-4-7-21-13-6-5-11(8-12(13)16)9-18-20-15-19-14(17)10-22-15/h5-6,8-10H,2-4,7,17H2,1H3,(H,19,20). The van der Waals surface area contributed by atoms with Crippen LogP contribution in [-0.2, 0) is 0 Å². The Balaban J connectivity index is 1.88. The van der Waals surface area contributed by atoms with Crippen molar-refractivity contribution >= 4 is 40.1 Å². The molecule has 1 aromatic carbocycles. The maximum atomic E-state index is 6.21. The van der Waals surface area contributed by atoms with Crippen molar-refractivity contribution in [1.82, 2.24) is 4.98 Å². The fourth-order valence-corrected chi connectivity index (χ4v) is 2.54. The summed E-state index contributed by atoms with van der Waals surface area (Å²) in [6.07, 6.45) is 5.04. The van der Waals surface area contributed by atoms with E-state index in [1.54, 1.807) is 11.6 Å². The number of nitrogen functional groups attached to an aromatic ring is 1. The Morgan fingerprint density at radius 1 is 1.45 bits per heavy atom. The lowest BCUT2D eigenvalue weighted by Crippen LogP contribution is -1.98. The van der Waals surface area contributed by atoms with Crippen molar-refractivity contribution in [3.8, 4) is 5.75 Å². The van der Waals surface area contributed by atoms with Crippen molar-refractivity contribution in [2.75, 3.05) is 17.8 Å². The third-order valence-corrected chi connectivity index (χ3v) is 3.92. The second kappa shape index (κ2) is 8.60. The topological polar surface area (TPSA) is 72.5 Å². The van der Waals surface area contributed by atoms with Gasteiger partial charge in [-0.05, 0) is 30.2 Å². The van der Waals surface area contributed by atoms with E-state index in [2.05, 4.69) is 22.4 Å². The number of halogens is 1. The van der Waals surface area contributed by atoms with Gasteiger partial charge in [-0.25, -0.2) is 4.98 Å². The van der Waals surface area contributed by atoms with Crippen LogP contribution in [0.15, 0.2) is 28.7 Å². The summed E-state index contributed by atoms with van der Waals surface area (Å²) in [5.41, 5.74) is 9.23. The zero-order valence-corrected chi connectivity index (χ0v) is 14.0. The van der Waals surface area contributed by atoms with Gasteiger partial charge in [0.1, 0.15) is 11.6 Å². The molecular formula is C15H19ClN4OS. The summed E-state index contributed by atoms with van der Waals surface area (Å²) in [4.78, 5) is 4.05. The molecule has 5 nitrogen and oxygen atoms in total. The van der Waals surface area contributed by atoms with E-state index in [1.165, 1.54) is 17.8 Å². The number of rotatable bonds is 8. The highest BCUT2D eigenvalue weighted by molar-refractivity contribution is 7.14. The molecular weight excluding hydrogens is 320 g/mol. The van der Waals surface area contributed by atoms with Gasteiger partial charge in [-0.1, -0.05) is 31.4 Å². The van der Waals surface area contributed by atoms with Gasteiger partial charge in [0.25, 0.3) is 0 Å². The molecule has 0 saturated heterocycles. The van der Waals surface area contributed by atoms with Crippen molar-refractivity contribution in [3.05, 3.63) is 34.2 Å². The number of hydrazone groups is 1. The number of ether oxygens (including phenoxy) is 1. The van der Waals surface area contributed by atoms with Crippen molar-refractivity contribution < 1.29 is 4.74 Å². The maximum absolute atomic E-state index is 6.21. The molecule has 0 aliphatic carbocycles. The van der Waals surface area contributed by atoms with Gasteiger partial charge < -0.3 is 10.5 Å². The van der Waals surface area contributed by atoms with Gasteiger partial charge >= 0.3 is 0 Å². The number of nitrogens with one attached hydrogen (secondary N) is 1. The van der Waals surface area contributed by atoms with E-state index >= 15 is 0 Å². The third kappa shape index (κ3) is 5.20. The van der Waals surface area contributed by atoms with E-state index in [-0.39, 0.29) is 0 Å². The van der Waals surface area contributed by atoms with Gasteiger partial charge in [0.15, 0.2) is 0 Å². The molecule has 3 N–H and O–H groups in total. The predicted octanol–water partition coefficient (Wildman–Crippen LogP) is 4.39. The highest BCUT2D eigenvalue weighted by Gasteiger charge is 2.02. The van der Waals surface area contributed by atoms with Crippen LogP contribution in [0.25, 0.3) is 0 Å². The first-order chi connectivity index (χ1) is 10.7. The molecule has 118 valence electrons. The van der Waals surface area contributed by atoms with Gasteiger partial charge in [0, 0.05) is 5.38 Å². The zero-order chi connectivity index (χ0) is 15.8. The molecule has 2 rings (SSSR count). The van der Waals surface area contributed by atoms with Gasteiger partial charge in [-0.2, -0.15) is 5.10 Å². The first-order valence-corrected chi connectivity index (χ1v) is 8.37. The smallest absolute Gasteiger partial charge is 0.205 e. The molecule has 0 fully saturated rings. The number of benzene rings is 1. The van der Waals surface area contributed by atoms with E-state index in [1.807, 2.05) is 18.2 Å². The van der Waals surface area contributed by atoms with Crippen LogP contribution in [0.2, 0.25) is 5.02 Å². The van der Waals surface area contributed by atoms with Crippen LogP contribution >= 0.6 is 22.9 Å². The highest BCUT2D eigenvalue weighted by atomic mass is 35.5. The molecule has 7 heteroatoms. The molecule has 1 heterocycles. The van der Waals surface area contributed by atoms with Crippen LogP contribution in [0.5, 0.6) is 5.75 Å². The minimum Gasteiger partial charge on any atom is -0.492 e. The Hall–Kier alpha value is -1.79. The quantitative estimate of drug-likeness (QED) is 0.425. The van der Waals surface area contributed by atoms with Crippen LogP contribution in [0.4, 0.5) is 10.9 Å². The second-order valence-electron chi connectivity index (χ2n) is 4.69. The predicted molar refractivity (Wildman–Crippen MR) is 94.2 cm³/mol. The number of thiazole rings is 1. The third-order valence-electron chi connectivity index (χ3n) is 2.86. The maximum Gasteiger partial charge on any atom is 0.205 e. The molecule has 0 saturated carbocycles. The molecule has 0 spiro atoms. The summed E-state index contributed by atoms with van der Waals surface area (Å²) in [5, 5.41) is 7.08. The van der Waals surface area contributed by atoms with Gasteiger partial charge in [-0.3, -0.25) is 5.43 Å². The summed E-state index contributed by atoms with van der Waals surface area (Å²) in [5.74, 6) is 1.19. The van der Waals surface area contributed by atoms with E-state index < -0.39 is 0 Å². The first-order valence-electron chi connectivity index (χ1n) is 7.11. The lowest BCUT2D eigenvalue weighted by molar-refractivity contribution is 0.306. The number of hydrogen-bond acceptors (Lipinski definition) is 6. The number of nitrogens with two attached hydrogens (primary N) is 1. The number of hydrogen-bond donors (Lipinski definition) is 2. The molecule has 0 bridgehead atoms. The van der Waals surface area contributed by atoms with Crippen molar-refractivity contribution in [3.63, 3.8) is 0 Å². The molecule has 0 amide bonds. The first kappa shape index (κ1) is 16.6. The van der Waals surface area contributed by atoms with E-state index in [4.69, 9.17) is 22.1 Å². The highest BCUT2D eigenvalue weighted by Crippen LogP contribution is 2.25. The molecule has 0 atom stereocenters. The largest absolute Gasteiger partial charge is 0.492 e. The van der Waals surface area contributed by atoms with Crippen molar-refractivity contribution in [2.24, 2.45) is 5.10 Å². The fraction of sp³-hybridized carbons (Fsp3) is 0.333. The van der Waals surface area contributed by atoms with Gasteiger partial charge in [0.05, 0.1) is 17.8 Å². The van der Waals surface area contributed by atoms with E-state index in [0.29, 0.717) is 28.3 Å². The molecule has 1 aromatic heterocycles. The molecule has 2 aromatic rings. The van der Waals surface area contributed by atoms with Crippen LogP contribution in [0.3, 0.4) is 0 Å². The summed E-state index contributed by atoms with van der Waals surface area (Å²) in [7, 11) is 0. The number of aromatic nitrogens is 1. The van der Waals surface area contributed by atoms with Crippen molar-refractivity contribution in [1.29, 1.82) is 0 Å². The average molecular weight is 339 g/mol.